The van der Waals surface area contributed by atoms with Gasteiger partial charge >= 0.3 is 0 Å². The number of likely N-dealkylation sites (N-methyl/N-ethyl adjacent to an activating group) is 1. The first-order chi connectivity index (χ1) is 10.2. The molecule has 22 heavy (non-hydrogen) atoms. The third kappa shape index (κ3) is 3.35. The fourth-order valence-corrected chi connectivity index (χ4v) is 4.65. The van der Waals surface area contributed by atoms with Crippen LogP contribution in [0.25, 0.3) is 0 Å². The molecular weight excluding hydrogens is 300 g/mol. The maximum Gasteiger partial charge on any atom is 0.243 e. The van der Waals surface area contributed by atoms with E-state index in [2.05, 4.69) is 0 Å². The summed E-state index contributed by atoms with van der Waals surface area (Å²) in [5.41, 5.74) is 0.585. The minimum Gasteiger partial charge on any atom is -0.395 e. The first-order valence-corrected chi connectivity index (χ1v) is 9.02. The van der Waals surface area contributed by atoms with Crippen LogP contribution in [0.4, 0.5) is 0 Å². The second-order valence-electron chi connectivity index (χ2n) is 6.93. The Hall–Kier alpha value is -0.950. The van der Waals surface area contributed by atoms with Crippen molar-refractivity contribution in [1.29, 1.82) is 0 Å². The molecule has 1 aromatic rings. The van der Waals surface area contributed by atoms with E-state index in [1.54, 1.807) is 12.1 Å². The van der Waals surface area contributed by atoms with Crippen LogP contribution in [0.15, 0.2) is 29.2 Å². The van der Waals surface area contributed by atoms with E-state index in [4.69, 9.17) is 0 Å². The highest BCUT2D eigenvalue weighted by Crippen LogP contribution is 2.31. The first-order valence-electron chi connectivity index (χ1n) is 7.58. The number of aliphatic hydroxyl groups is 1. The maximum absolute atomic E-state index is 13.0. The average Bonchev–Trinajstić information content (AvgIpc) is 2.46. The van der Waals surface area contributed by atoms with Crippen LogP contribution in [0.2, 0.25) is 0 Å². The van der Waals surface area contributed by atoms with Gasteiger partial charge in [-0.3, -0.25) is 4.90 Å². The highest BCUT2D eigenvalue weighted by atomic mass is 32.2. The van der Waals surface area contributed by atoms with Crippen LogP contribution >= 0.6 is 0 Å². The molecule has 1 aliphatic rings. The lowest BCUT2D eigenvalue weighted by atomic mass is 9.87. The highest BCUT2D eigenvalue weighted by molar-refractivity contribution is 7.89. The fourth-order valence-electron chi connectivity index (χ4n) is 2.78. The summed E-state index contributed by atoms with van der Waals surface area (Å²) in [5, 5.41) is 9.44. The normalized spacial score (nSPS) is 22.0. The van der Waals surface area contributed by atoms with E-state index in [0.717, 1.165) is 5.56 Å². The predicted octanol–water partition coefficient (Wildman–Crippen LogP) is 1.28. The van der Waals surface area contributed by atoms with Crippen molar-refractivity contribution >= 4 is 10.0 Å². The summed E-state index contributed by atoms with van der Waals surface area (Å²) in [4.78, 5) is 2.38. The zero-order valence-electron chi connectivity index (χ0n) is 13.8. The van der Waals surface area contributed by atoms with Gasteiger partial charge in [0, 0.05) is 25.7 Å². The van der Waals surface area contributed by atoms with E-state index < -0.39 is 10.0 Å². The molecular formula is C16H26N2O3S. The zero-order valence-corrected chi connectivity index (χ0v) is 14.6. The van der Waals surface area contributed by atoms with E-state index in [-0.39, 0.29) is 18.1 Å². The fraction of sp³-hybridized carbons (Fsp3) is 0.625. The van der Waals surface area contributed by atoms with Crippen LogP contribution in [-0.2, 0) is 15.4 Å². The number of hydrogen-bond acceptors (Lipinski definition) is 4. The van der Waals surface area contributed by atoms with E-state index in [0.29, 0.717) is 24.5 Å². The molecule has 1 heterocycles. The number of nitrogens with zero attached hydrogens (tertiary/aromatic N) is 2. The molecule has 5 nitrogen and oxygen atoms in total. The van der Waals surface area contributed by atoms with Gasteiger partial charge in [-0.05, 0) is 24.1 Å². The molecule has 1 unspecified atom stereocenters. The van der Waals surface area contributed by atoms with E-state index in [1.807, 2.05) is 44.9 Å². The lowest BCUT2D eigenvalue weighted by Crippen LogP contribution is -2.54. The summed E-state index contributed by atoms with van der Waals surface area (Å²) in [6, 6.07) is 7.06. The number of benzene rings is 1. The molecule has 2 rings (SSSR count). The van der Waals surface area contributed by atoms with Gasteiger partial charge in [-0.2, -0.15) is 4.31 Å². The van der Waals surface area contributed by atoms with Crippen LogP contribution in [0, 0.1) is 0 Å². The van der Waals surface area contributed by atoms with Gasteiger partial charge in [-0.25, -0.2) is 8.42 Å². The molecule has 0 radical (unpaired) electrons. The van der Waals surface area contributed by atoms with Gasteiger partial charge in [-0.15, -0.1) is 0 Å². The van der Waals surface area contributed by atoms with Crippen LogP contribution in [-0.4, -0.2) is 62.1 Å². The summed E-state index contributed by atoms with van der Waals surface area (Å²) in [5.74, 6) is 0. The van der Waals surface area contributed by atoms with Crippen molar-refractivity contribution in [2.24, 2.45) is 0 Å². The molecule has 0 amide bonds. The molecule has 0 aromatic heterocycles. The van der Waals surface area contributed by atoms with Gasteiger partial charge in [0.2, 0.25) is 10.0 Å². The molecule has 1 N–H and O–H groups in total. The van der Waals surface area contributed by atoms with E-state index in [1.165, 1.54) is 4.31 Å². The van der Waals surface area contributed by atoms with Crippen molar-refractivity contribution in [1.82, 2.24) is 9.21 Å². The van der Waals surface area contributed by atoms with E-state index >= 15 is 0 Å². The Labute approximate surface area is 133 Å². The Morgan fingerprint density at radius 3 is 2.45 bits per heavy atom. The first kappa shape index (κ1) is 17.4. The topological polar surface area (TPSA) is 60.9 Å². The van der Waals surface area contributed by atoms with Crippen molar-refractivity contribution in [2.45, 2.75) is 37.1 Å². The van der Waals surface area contributed by atoms with Gasteiger partial charge in [0.1, 0.15) is 0 Å². The predicted molar refractivity (Wildman–Crippen MR) is 87.4 cm³/mol. The van der Waals surface area contributed by atoms with Crippen molar-refractivity contribution in [3.63, 3.8) is 0 Å². The Morgan fingerprint density at radius 1 is 1.23 bits per heavy atom. The Morgan fingerprint density at radius 2 is 1.86 bits per heavy atom. The number of sulfonamides is 1. The lowest BCUT2D eigenvalue weighted by Gasteiger charge is -2.38. The van der Waals surface area contributed by atoms with Crippen molar-refractivity contribution in [3.05, 3.63) is 29.8 Å². The summed E-state index contributed by atoms with van der Waals surface area (Å²) in [6.07, 6.45) is 0. The minimum absolute atomic E-state index is 0.0383. The van der Waals surface area contributed by atoms with E-state index in [9.17, 15) is 13.5 Å². The Kier molecular flexibility index (Phi) is 4.96. The molecule has 0 spiro atoms. The quantitative estimate of drug-likeness (QED) is 0.909. The van der Waals surface area contributed by atoms with Crippen molar-refractivity contribution in [3.8, 4) is 0 Å². The second kappa shape index (κ2) is 6.28. The van der Waals surface area contributed by atoms with Gasteiger partial charge in [0.15, 0.2) is 0 Å². The smallest absolute Gasteiger partial charge is 0.243 e. The third-order valence-corrected chi connectivity index (χ3v) is 6.19. The lowest BCUT2D eigenvalue weighted by molar-refractivity contribution is 0.0923. The van der Waals surface area contributed by atoms with Gasteiger partial charge < -0.3 is 5.11 Å². The Balaban J connectivity index is 2.40. The molecule has 1 aromatic carbocycles. The molecule has 1 saturated heterocycles. The second-order valence-corrected chi connectivity index (χ2v) is 8.83. The number of aliphatic hydroxyl groups excluding tert-OH is 1. The molecule has 0 saturated carbocycles. The monoisotopic (exact) mass is 326 g/mol. The largest absolute Gasteiger partial charge is 0.395 e. The summed E-state index contributed by atoms with van der Waals surface area (Å²) in [6.45, 7) is 7.42. The standard InChI is InChI=1S/C16H26N2O3S/c1-16(2,3)14-7-5-6-8-15(14)22(20,21)18-10-9-17(4)13(11-18)12-19/h5-8,13,19H,9-12H2,1-4H3. The number of hydrogen-bond donors (Lipinski definition) is 1. The van der Waals surface area contributed by atoms with Crippen LogP contribution in [0.5, 0.6) is 0 Å². The van der Waals surface area contributed by atoms with Gasteiger partial charge in [0.05, 0.1) is 11.5 Å². The molecule has 1 fully saturated rings. The molecule has 6 heteroatoms. The third-order valence-electron chi connectivity index (χ3n) is 4.26. The highest BCUT2D eigenvalue weighted by Gasteiger charge is 2.35. The van der Waals surface area contributed by atoms with Gasteiger partial charge in [-0.1, -0.05) is 39.0 Å². The molecule has 0 bridgehead atoms. The average molecular weight is 326 g/mol. The molecule has 1 atom stereocenters. The van der Waals surface area contributed by atoms with Gasteiger partial charge in [0.25, 0.3) is 0 Å². The summed E-state index contributed by atoms with van der Waals surface area (Å²) in [7, 11) is -1.64. The van der Waals surface area contributed by atoms with Crippen LogP contribution in [0.3, 0.4) is 0 Å². The summed E-state index contributed by atoms with van der Waals surface area (Å²) < 4.78 is 27.6. The number of rotatable bonds is 3. The maximum atomic E-state index is 13.0. The van der Waals surface area contributed by atoms with Crippen molar-refractivity contribution < 1.29 is 13.5 Å². The SMILES string of the molecule is CN1CCN(S(=O)(=O)c2ccccc2C(C)(C)C)CC1CO. The molecule has 1 aliphatic heterocycles. The van der Waals surface area contributed by atoms with Crippen LogP contribution < -0.4 is 0 Å². The molecule has 124 valence electrons. The van der Waals surface area contributed by atoms with Crippen molar-refractivity contribution in [2.75, 3.05) is 33.3 Å². The zero-order chi connectivity index (χ0) is 16.5. The summed E-state index contributed by atoms with van der Waals surface area (Å²) >= 11 is 0. The molecule has 0 aliphatic carbocycles. The van der Waals surface area contributed by atoms with Crippen LogP contribution in [0.1, 0.15) is 26.3 Å². The number of piperazine rings is 1. The Bertz CT molecular complexity index is 623. The minimum atomic E-state index is -3.55.